The van der Waals surface area contributed by atoms with Crippen molar-refractivity contribution < 1.29 is 17.9 Å². The van der Waals surface area contributed by atoms with Gasteiger partial charge in [0.2, 0.25) is 0 Å². The number of hydrogen-bond acceptors (Lipinski definition) is 2. The van der Waals surface area contributed by atoms with E-state index in [2.05, 4.69) is 0 Å². The van der Waals surface area contributed by atoms with Gasteiger partial charge in [-0.15, -0.1) is 0 Å². The zero-order valence-electron chi connectivity index (χ0n) is 8.06. The molecule has 80 valence electrons. The normalized spacial score (nSPS) is 35.5. The highest BCUT2D eigenvalue weighted by Gasteiger charge is 2.66. The summed E-state index contributed by atoms with van der Waals surface area (Å²) < 4.78 is 43.0. The lowest BCUT2D eigenvalue weighted by molar-refractivity contribution is -0.264. The Morgan fingerprint density at radius 3 is 2.14 bits per heavy atom. The van der Waals surface area contributed by atoms with Crippen molar-refractivity contribution in [3.05, 3.63) is 12.2 Å². The van der Waals surface area contributed by atoms with E-state index in [0.717, 1.165) is 7.11 Å². The summed E-state index contributed by atoms with van der Waals surface area (Å²) in [5.41, 5.74) is -2.46. The first-order valence-corrected chi connectivity index (χ1v) is 4.39. The van der Waals surface area contributed by atoms with Crippen LogP contribution in [0.25, 0.3) is 0 Å². The molecule has 0 bridgehead atoms. The summed E-state index contributed by atoms with van der Waals surface area (Å²) >= 11 is 0. The van der Waals surface area contributed by atoms with Gasteiger partial charge in [0.1, 0.15) is 0 Å². The fourth-order valence-electron chi connectivity index (χ4n) is 2.09. The first-order chi connectivity index (χ1) is 6.35. The van der Waals surface area contributed by atoms with E-state index in [0.29, 0.717) is 0 Å². The van der Waals surface area contributed by atoms with Crippen LogP contribution in [0.15, 0.2) is 12.2 Å². The largest absolute Gasteiger partial charge is 0.418 e. The molecule has 1 unspecified atom stereocenters. The third kappa shape index (κ3) is 1.12. The molecular weight excluding hydrogens is 195 g/mol. The molecule has 0 amide bonds. The lowest BCUT2D eigenvalue weighted by Crippen LogP contribution is -2.48. The molecule has 1 saturated heterocycles. The molecule has 0 N–H and O–H groups in total. The molecule has 1 heterocycles. The van der Waals surface area contributed by atoms with Gasteiger partial charge in [0.25, 0.3) is 0 Å². The Bertz CT molecular complexity index is 280. The minimum Gasteiger partial charge on any atom is -0.367 e. The first kappa shape index (κ1) is 9.98. The van der Waals surface area contributed by atoms with Crippen LogP contribution in [0.3, 0.4) is 0 Å². The number of ether oxygens (including phenoxy) is 1. The molecule has 2 nitrogen and oxygen atoms in total. The topological polar surface area (TPSA) is 12.5 Å². The summed E-state index contributed by atoms with van der Waals surface area (Å²) in [6, 6.07) is 0. The van der Waals surface area contributed by atoms with Crippen LogP contribution in [-0.4, -0.2) is 42.9 Å². The minimum absolute atomic E-state index is 0.0174. The number of nitrogens with zero attached hydrogens (tertiary/aromatic N) is 1. The second-order valence-electron chi connectivity index (χ2n) is 4.05. The van der Waals surface area contributed by atoms with E-state index >= 15 is 0 Å². The molecule has 1 aliphatic heterocycles. The maximum atomic E-state index is 12.8. The highest BCUT2D eigenvalue weighted by molar-refractivity contribution is 5.38. The summed E-state index contributed by atoms with van der Waals surface area (Å²) in [6.07, 6.45) is -0.737. The molecule has 0 saturated carbocycles. The molecular formula is C9H12F3NO. The van der Waals surface area contributed by atoms with Gasteiger partial charge in [-0.25, -0.2) is 0 Å². The number of likely N-dealkylation sites (N-methyl/N-ethyl adjacent to an activating group) is 1. The van der Waals surface area contributed by atoms with Crippen molar-refractivity contribution in [2.45, 2.75) is 23.7 Å². The van der Waals surface area contributed by atoms with Crippen LogP contribution in [0.1, 0.15) is 6.42 Å². The number of rotatable bonds is 1. The molecule has 1 atom stereocenters. The Balaban J connectivity index is 2.25. The van der Waals surface area contributed by atoms with Crippen molar-refractivity contribution in [1.82, 2.24) is 4.90 Å². The van der Waals surface area contributed by atoms with Crippen LogP contribution in [0, 0.1) is 0 Å². The molecule has 2 rings (SSSR count). The minimum atomic E-state index is -4.30. The summed E-state index contributed by atoms with van der Waals surface area (Å²) in [7, 11) is 2.81. The van der Waals surface area contributed by atoms with Crippen LogP contribution in [0.4, 0.5) is 13.2 Å². The zero-order chi connectivity index (χ0) is 10.6. The maximum Gasteiger partial charge on any atom is 0.418 e. The van der Waals surface area contributed by atoms with Gasteiger partial charge < -0.3 is 4.74 Å². The molecule has 0 aromatic heterocycles. The Hall–Kier alpha value is -0.550. The van der Waals surface area contributed by atoms with E-state index in [9.17, 15) is 13.2 Å². The van der Waals surface area contributed by atoms with Crippen LogP contribution in [0.5, 0.6) is 0 Å². The average molecular weight is 207 g/mol. The SMILES string of the molecule is COC1(C(F)(F)F)CN(C)C2(C=C2)C1. The summed E-state index contributed by atoms with van der Waals surface area (Å²) in [4.78, 5) is 1.68. The molecule has 0 aromatic rings. The van der Waals surface area contributed by atoms with Crippen molar-refractivity contribution in [3.63, 3.8) is 0 Å². The van der Waals surface area contributed by atoms with Crippen molar-refractivity contribution in [2.75, 3.05) is 20.7 Å². The van der Waals surface area contributed by atoms with Crippen LogP contribution < -0.4 is 0 Å². The van der Waals surface area contributed by atoms with Gasteiger partial charge in [0, 0.05) is 20.1 Å². The third-order valence-electron chi connectivity index (χ3n) is 3.23. The second-order valence-corrected chi connectivity index (χ2v) is 4.05. The van der Waals surface area contributed by atoms with Crippen molar-refractivity contribution in [3.8, 4) is 0 Å². The van der Waals surface area contributed by atoms with E-state index in [4.69, 9.17) is 4.74 Å². The Kier molecular flexibility index (Phi) is 1.80. The molecule has 0 aromatic carbocycles. The quantitative estimate of drug-likeness (QED) is 0.605. The fourth-order valence-corrected chi connectivity index (χ4v) is 2.09. The predicted molar refractivity (Wildman–Crippen MR) is 44.9 cm³/mol. The lowest BCUT2D eigenvalue weighted by Gasteiger charge is -2.29. The molecule has 1 spiro atoms. The van der Waals surface area contributed by atoms with Gasteiger partial charge in [0.05, 0.1) is 5.54 Å². The Labute approximate surface area is 80.3 Å². The van der Waals surface area contributed by atoms with E-state index in [1.165, 1.54) is 0 Å². The predicted octanol–water partition coefficient (Wildman–Crippen LogP) is 1.58. The number of methoxy groups -OCH3 is 1. The smallest absolute Gasteiger partial charge is 0.367 e. The van der Waals surface area contributed by atoms with Crippen molar-refractivity contribution in [2.24, 2.45) is 0 Å². The summed E-state index contributed by atoms with van der Waals surface area (Å²) in [6.45, 7) is -0.0972. The number of halogens is 3. The van der Waals surface area contributed by atoms with Gasteiger partial charge in [-0.3, -0.25) is 4.90 Å². The van der Waals surface area contributed by atoms with Crippen LogP contribution in [0.2, 0.25) is 0 Å². The Morgan fingerprint density at radius 2 is 1.93 bits per heavy atom. The lowest BCUT2D eigenvalue weighted by atomic mass is 9.97. The summed E-state index contributed by atoms with van der Waals surface area (Å²) in [5, 5.41) is 0. The highest BCUT2D eigenvalue weighted by Crippen LogP contribution is 2.51. The highest BCUT2D eigenvalue weighted by atomic mass is 19.4. The molecule has 5 heteroatoms. The average Bonchev–Trinajstić information content (AvgIpc) is 2.74. The number of likely N-dealkylation sites (tertiary alicyclic amines) is 1. The molecule has 0 radical (unpaired) electrons. The van der Waals surface area contributed by atoms with Crippen molar-refractivity contribution in [1.29, 1.82) is 0 Å². The molecule has 14 heavy (non-hydrogen) atoms. The first-order valence-electron chi connectivity index (χ1n) is 4.39. The second kappa shape index (κ2) is 2.52. The zero-order valence-corrected chi connectivity index (χ0v) is 8.06. The monoisotopic (exact) mass is 207 g/mol. The van der Waals surface area contributed by atoms with E-state index in [1.54, 1.807) is 24.1 Å². The van der Waals surface area contributed by atoms with Gasteiger partial charge in [-0.1, -0.05) is 12.2 Å². The van der Waals surface area contributed by atoms with E-state index in [1.807, 2.05) is 0 Å². The maximum absolute atomic E-state index is 12.8. The van der Waals surface area contributed by atoms with Gasteiger partial charge in [0.15, 0.2) is 5.60 Å². The third-order valence-corrected chi connectivity index (χ3v) is 3.23. The van der Waals surface area contributed by atoms with Crippen LogP contribution >= 0.6 is 0 Å². The molecule has 2 aliphatic rings. The van der Waals surface area contributed by atoms with E-state index in [-0.39, 0.29) is 13.0 Å². The van der Waals surface area contributed by atoms with Gasteiger partial charge in [-0.05, 0) is 7.05 Å². The molecule has 1 aliphatic carbocycles. The standard InChI is InChI=1S/C9H12F3NO/c1-13-6-8(14-2,9(10,11)12)5-7(13)3-4-7/h3-4H,5-6H2,1-2H3. The molecule has 1 fully saturated rings. The van der Waals surface area contributed by atoms with Crippen LogP contribution in [-0.2, 0) is 4.74 Å². The number of alkyl halides is 3. The Morgan fingerprint density at radius 1 is 1.36 bits per heavy atom. The van der Waals surface area contributed by atoms with Gasteiger partial charge in [-0.2, -0.15) is 13.2 Å². The van der Waals surface area contributed by atoms with E-state index < -0.39 is 17.3 Å². The van der Waals surface area contributed by atoms with Gasteiger partial charge >= 0.3 is 6.18 Å². The summed E-state index contributed by atoms with van der Waals surface area (Å²) in [5.74, 6) is 0. The fraction of sp³-hybridized carbons (Fsp3) is 0.778. The number of hydrogen-bond donors (Lipinski definition) is 0. The van der Waals surface area contributed by atoms with Crippen molar-refractivity contribution >= 4 is 0 Å².